The van der Waals surface area contributed by atoms with Crippen molar-refractivity contribution >= 4 is 17.3 Å². The van der Waals surface area contributed by atoms with Crippen LogP contribution in [0.4, 0.5) is 0 Å². The molecule has 2 N–H and O–H groups in total. The molecule has 6 nitrogen and oxygen atoms in total. The first kappa shape index (κ1) is 16.1. The molecule has 1 aliphatic heterocycles. The van der Waals surface area contributed by atoms with Crippen molar-refractivity contribution < 1.29 is 9.90 Å². The molecule has 1 aliphatic rings. The summed E-state index contributed by atoms with van der Waals surface area (Å²) in [6.07, 6.45) is 6.11. The SMILES string of the molecule is CCc1cnc(CN2CCCC(Cc3nc(C(=O)O)cs3)C2)[nH]1. The molecule has 0 bridgehead atoms. The van der Waals surface area contributed by atoms with Crippen LogP contribution in [-0.4, -0.2) is 44.0 Å². The molecule has 2 aromatic rings. The van der Waals surface area contributed by atoms with Crippen LogP contribution in [0, 0.1) is 5.92 Å². The van der Waals surface area contributed by atoms with E-state index in [-0.39, 0.29) is 5.69 Å². The van der Waals surface area contributed by atoms with Crippen LogP contribution in [0.25, 0.3) is 0 Å². The third-order valence-corrected chi connectivity index (χ3v) is 5.14. The third-order valence-electron chi connectivity index (χ3n) is 4.27. The van der Waals surface area contributed by atoms with Crippen molar-refractivity contribution in [3.63, 3.8) is 0 Å². The van der Waals surface area contributed by atoms with Gasteiger partial charge >= 0.3 is 5.97 Å². The maximum absolute atomic E-state index is 10.9. The molecule has 0 aliphatic carbocycles. The lowest BCUT2D eigenvalue weighted by Gasteiger charge is -2.31. The van der Waals surface area contributed by atoms with E-state index in [1.54, 1.807) is 5.38 Å². The number of nitrogens with zero attached hydrogens (tertiary/aromatic N) is 3. The van der Waals surface area contributed by atoms with E-state index in [1.165, 1.54) is 29.9 Å². The van der Waals surface area contributed by atoms with Crippen LogP contribution >= 0.6 is 11.3 Å². The number of aromatic carboxylic acids is 1. The number of likely N-dealkylation sites (tertiary alicyclic amines) is 1. The van der Waals surface area contributed by atoms with Crippen LogP contribution in [0.3, 0.4) is 0 Å². The van der Waals surface area contributed by atoms with Gasteiger partial charge in [0.15, 0.2) is 5.69 Å². The molecule has 1 unspecified atom stereocenters. The van der Waals surface area contributed by atoms with Crippen LogP contribution in [-0.2, 0) is 19.4 Å². The van der Waals surface area contributed by atoms with Gasteiger partial charge in [-0.3, -0.25) is 4.90 Å². The lowest BCUT2D eigenvalue weighted by molar-refractivity contribution is 0.0691. The normalized spacial score (nSPS) is 19.1. The van der Waals surface area contributed by atoms with Gasteiger partial charge in [0.1, 0.15) is 5.82 Å². The average molecular weight is 334 g/mol. The predicted molar refractivity (Wildman–Crippen MR) is 88.7 cm³/mol. The van der Waals surface area contributed by atoms with Gasteiger partial charge in [-0.15, -0.1) is 11.3 Å². The molecule has 0 aromatic carbocycles. The highest BCUT2D eigenvalue weighted by atomic mass is 32.1. The lowest BCUT2D eigenvalue weighted by atomic mass is 9.95. The molecule has 2 aromatic heterocycles. The third kappa shape index (κ3) is 4.17. The maximum Gasteiger partial charge on any atom is 0.355 e. The number of aromatic amines is 1. The van der Waals surface area contributed by atoms with E-state index in [2.05, 4.69) is 26.8 Å². The second-order valence-electron chi connectivity index (χ2n) is 6.09. The van der Waals surface area contributed by atoms with Crippen molar-refractivity contribution in [2.45, 2.75) is 39.2 Å². The molecule has 124 valence electrons. The molecule has 0 radical (unpaired) electrons. The van der Waals surface area contributed by atoms with E-state index >= 15 is 0 Å². The first-order valence-corrected chi connectivity index (χ1v) is 8.94. The van der Waals surface area contributed by atoms with Crippen molar-refractivity contribution in [3.05, 3.63) is 33.8 Å². The zero-order chi connectivity index (χ0) is 16.2. The number of aryl methyl sites for hydroxylation is 1. The van der Waals surface area contributed by atoms with Crippen molar-refractivity contribution in [3.8, 4) is 0 Å². The van der Waals surface area contributed by atoms with E-state index in [0.29, 0.717) is 5.92 Å². The second-order valence-corrected chi connectivity index (χ2v) is 7.03. The number of carboxylic acids is 1. The Balaban J connectivity index is 1.55. The fourth-order valence-corrected chi connectivity index (χ4v) is 3.97. The molecule has 1 fully saturated rings. The quantitative estimate of drug-likeness (QED) is 0.848. The number of piperidine rings is 1. The number of hydrogen-bond acceptors (Lipinski definition) is 5. The molecule has 3 rings (SSSR count). The fraction of sp³-hybridized carbons (Fsp3) is 0.562. The molecule has 23 heavy (non-hydrogen) atoms. The Kier molecular flexibility index (Phi) is 5.07. The van der Waals surface area contributed by atoms with Gasteiger partial charge in [0, 0.05) is 30.2 Å². The highest BCUT2D eigenvalue weighted by molar-refractivity contribution is 7.09. The van der Waals surface area contributed by atoms with Crippen LogP contribution in [0.15, 0.2) is 11.6 Å². The summed E-state index contributed by atoms with van der Waals surface area (Å²) < 4.78 is 0. The summed E-state index contributed by atoms with van der Waals surface area (Å²) in [6, 6.07) is 0. The first-order chi connectivity index (χ1) is 11.1. The topological polar surface area (TPSA) is 82.1 Å². The standard InChI is InChI=1S/C16H22N4O2S/c1-2-12-7-17-14(18-12)9-20-5-3-4-11(8-20)6-15-19-13(10-23-15)16(21)22/h7,10-11H,2-6,8-9H2,1H3,(H,17,18)(H,21,22). The van der Waals surface area contributed by atoms with Gasteiger partial charge in [0.05, 0.1) is 11.6 Å². The minimum atomic E-state index is -0.942. The summed E-state index contributed by atoms with van der Waals surface area (Å²) in [6.45, 7) is 5.09. The lowest BCUT2D eigenvalue weighted by Crippen LogP contribution is -2.36. The minimum Gasteiger partial charge on any atom is -0.476 e. The predicted octanol–water partition coefficient (Wildman–Crippen LogP) is 2.58. The molecule has 0 saturated carbocycles. The molecule has 3 heterocycles. The van der Waals surface area contributed by atoms with Gasteiger partial charge in [-0.05, 0) is 31.7 Å². The smallest absolute Gasteiger partial charge is 0.355 e. The van der Waals surface area contributed by atoms with Crippen molar-refractivity contribution in [1.29, 1.82) is 0 Å². The number of carboxylic acid groups (broad SMARTS) is 1. The average Bonchev–Trinajstić information content (AvgIpc) is 3.17. The Bertz CT molecular complexity index is 667. The zero-order valence-electron chi connectivity index (χ0n) is 13.3. The van der Waals surface area contributed by atoms with Gasteiger partial charge in [0.2, 0.25) is 0 Å². The van der Waals surface area contributed by atoms with Crippen molar-refractivity contribution in [2.75, 3.05) is 13.1 Å². The monoisotopic (exact) mass is 334 g/mol. The molecule has 1 saturated heterocycles. The summed E-state index contributed by atoms with van der Waals surface area (Å²) in [4.78, 5) is 25.4. The summed E-state index contributed by atoms with van der Waals surface area (Å²) in [7, 11) is 0. The summed E-state index contributed by atoms with van der Waals surface area (Å²) in [5.41, 5.74) is 1.35. The number of imidazole rings is 1. The number of thiazole rings is 1. The van der Waals surface area contributed by atoms with Gasteiger partial charge < -0.3 is 10.1 Å². The largest absolute Gasteiger partial charge is 0.476 e. The Labute approximate surface area is 139 Å². The molecule has 0 spiro atoms. The van der Waals surface area contributed by atoms with Crippen molar-refractivity contribution in [1.82, 2.24) is 19.9 Å². The molecular weight excluding hydrogens is 312 g/mol. The van der Waals surface area contributed by atoms with E-state index in [9.17, 15) is 4.79 Å². The number of nitrogens with one attached hydrogen (secondary N) is 1. The van der Waals surface area contributed by atoms with E-state index < -0.39 is 5.97 Å². The van der Waals surface area contributed by atoms with Crippen LogP contribution in [0.5, 0.6) is 0 Å². The van der Waals surface area contributed by atoms with E-state index in [4.69, 9.17) is 5.11 Å². The summed E-state index contributed by atoms with van der Waals surface area (Å²) >= 11 is 1.45. The Hall–Kier alpha value is -1.73. The van der Waals surface area contributed by atoms with Gasteiger partial charge in [-0.1, -0.05) is 6.92 Å². The molecule has 1 atom stereocenters. The number of carbonyl (C=O) groups is 1. The Morgan fingerprint density at radius 2 is 2.43 bits per heavy atom. The summed E-state index contributed by atoms with van der Waals surface area (Å²) in [5, 5.41) is 11.5. The van der Waals surface area contributed by atoms with E-state index in [1.807, 2.05) is 6.20 Å². The van der Waals surface area contributed by atoms with Crippen LogP contribution < -0.4 is 0 Å². The minimum absolute atomic E-state index is 0.167. The number of hydrogen-bond donors (Lipinski definition) is 2. The highest BCUT2D eigenvalue weighted by Gasteiger charge is 2.22. The molecular formula is C16H22N4O2S. The van der Waals surface area contributed by atoms with Crippen molar-refractivity contribution in [2.24, 2.45) is 5.92 Å². The highest BCUT2D eigenvalue weighted by Crippen LogP contribution is 2.23. The number of H-pyrrole nitrogens is 1. The van der Waals surface area contributed by atoms with Gasteiger partial charge in [-0.25, -0.2) is 14.8 Å². The van der Waals surface area contributed by atoms with E-state index in [0.717, 1.165) is 43.3 Å². The Morgan fingerprint density at radius 1 is 1.57 bits per heavy atom. The van der Waals surface area contributed by atoms with Crippen LogP contribution in [0.2, 0.25) is 0 Å². The Morgan fingerprint density at radius 3 is 3.13 bits per heavy atom. The number of aromatic nitrogens is 3. The van der Waals surface area contributed by atoms with Gasteiger partial charge in [0.25, 0.3) is 0 Å². The maximum atomic E-state index is 10.9. The number of rotatable bonds is 6. The second kappa shape index (κ2) is 7.23. The van der Waals surface area contributed by atoms with Gasteiger partial charge in [-0.2, -0.15) is 0 Å². The fourth-order valence-electron chi connectivity index (χ4n) is 3.09. The summed E-state index contributed by atoms with van der Waals surface area (Å²) in [5.74, 6) is 0.629. The molecule has 0 amide bonds. The molecule has 7 heteroatoms. The first-order valence-electron chi connectivity index (χ1n) is 8.07. The van der Waals surface area contributed by atoms with Crippen LogP contribution in [0.1, 0.15) is 46.8 Å². The zero-order valence-corrected chi connectivity index (χ0v) is 14.1.